The van der Waals surface area contributed by atoms with Gasteiger partial charge >= 0.3 is 0 Å². The predicted octanol–water partition coefficient (Wildman–Crippen LogP) is 1.01. The SMILES string of the molecule is CCNC(=NCC(O)(CC)CC)NC1CCc2nc(C)nn2C1. The van der Waals surface area contributed by atoms with Crippen LogP contribution in [0, 0.1) is 6.92 Å². The molecular formula is C16H30N6O. The summed E-state index contributed by atoms with van der Waals surface area (Å²) in [7, 11) is 0. The second-order valence-electron chi connectivity index (χ2n) is 6.26. The first-order chi connectivity index (χ1) is 11.0. The van der Waals surface area contributed by atoms with Crippen molar-refractivity contribution in [2.24, 2.45) is 4.99 Å². The third-order valence-corrected chi connectivity index (χ3v) is 4.50. The van der Waals surface area contributed by atoms with E-state index in [1.807, 2.05) is 32.4 Å². The fourth-order valence-electron chi connectivity index (χ4n) is 2.76. The maximum absolute atomic E-state index is 10.4. The Balaban J connectivity index is 1.99. The number of aliphatic hydroxyl groups is 1. The molecular weight excluding hydrogens is 292 g/mol. The average molecular weight is 322 g/mol. The van der Waals surface area contributed by atoms with E-state index >= 15 is 0 Å². The molecule has 2 rings (SSSR count). The highest BCUT2D eigenvalue weighted by Crippen LogP contribution is 2.15. The Kier molecular flexibility index (Phi) is 5.98. The monoisotopic (exact) mass is 322 g/mol. The van der Waals surface area contributed by atoms with E-state index in [0.29, 0.717) is 19.4 Å². The number of aliphatic imine (C=N–C) groups is 1. The number of fused-ring (bicyclic) bond motifs is 1. The summed E-state index contributed by atoms with van der Waals surface area (Å²) in [6, 6.07) is 0.276. The molecule has 1 aliphatic rings. The maximum atomic E-state index is 10.4. The van der Waals surface area contributed by atoms with Gasteiger partial charge in [-0.2, -0.15) is 5.10 Å². The summed E-state index contributed by atoms with van der Waals surface area (Å²) in [6.45, 7) is 9.97. The van der Waals surface area contributed by atoms with Gasteiger partial charge in [0.2, 0.25) is 0 Å². The van der Waals surface area contributed by atoms with Crippen molar-refractivity contribution in [3.8, 4) is 0 Å². The molecule has 0 saturated heterocycles. The zero-order valence-electron chi connectivity index (χ0n) is 14.8. The number of guanidine groups is 1. The molecule has 0 fully saturated rings. The highest BCUT2D eigenvalue weighted by Gasteiger charge is 2.24. The standard InChI is InChI=1S/C16H30N6O/c1-5-16(23,6-2)11-18-15(17-7-3)20-13-8-9-14-19-12(4)21-22(14)10-13/h13,23H,5-11H2,1-4H3,(H2,17,18,20). The van der Waals surface area contributed by atoms with E-state index in [1.54, 1.807) is 0 Å². The molecule has 1 aliphatic heterocycles. The van der Waals surface area contributed by atoms with Crippen LogP contribution in [-0.2, 0) is 13.0 Å². The van der Waals surface area contributed by atoms with Crippen molar-refractivity contribution in [1.29, 1.82) is 0 Å². The topological polar surface area (TPSA) is 87.4 Å². The van der Waals surface area contributed by atoms with Gasteiger partial charge in [-0.3, -0.25) is 4.99 Å². The van der Waals surface area contributed by atoms with Gasteiger partial charge in [-0.25, -0.2) is 9.67 Å². The molecule has 0 saturated carbocycles. The number of nitrogens with zero attached hydrogens (tertiary/aromatic N) is 4. The van der Waals surface area contributed by atoms with Crippen LogP contribution in [0.1, 0.15) is 51.7 Å². The lowest BCUT2D eigenvalue weighted by Crippen LogP contribution is -2.47. The third kappa shape index (κ3) is 4.67. The quantitative estimate of drug-likeness (QED) is 0.537. The molecule has 23 heavy (non-hydrogen) atoms. The van der Waals surface area contributed by atoms with Crippen LogP contribution < -0.4 is 10.6 Å². The van der Waals surface area contributed by atoms with E-state index < -0.39 is 5.60 Å². The Morgan fingerprint density at radius 2 is 2.13 bits per heavy atom. The fraction of sp³-hybridized carbons (Fsp3) is 0.812. The highest BCUT2D eigenvalue weighted by molar-refractivity contribution is 5.80. The summed E-state index contributed by atoms with van der Waals surface area (Å²) in [5, 5.41) is 21.6. The molecule has 1 aromatic heterocycles. The number of aromatic nitrogens is 3. The van der Waals surface area contributed by atoms with Gasteiger partial charge in [-0.05, 0) is 33.1 Å². The van der Waals surface area contributed by atoms with E-state index in [2.05, 4.69) is 25.7 Å². The second-order valence-corrected chi connectivity index (χ2v) is 6.26. The fourth-order valence-corrected chi connectivity index (χ4v) is 2.76. The summed E-state index contributed by atoms with van der Waals surface area (Å²) in [4.78, 5) is 9.02. The van der Waals surface area contributed by atoms with E-state index in [4.69, 9.17) is 0 Å². The molecule has 1 atom stereocenters. The summed E-state index contributed by atoms with van der Waals surface area (Å²) in [5.74, 6) is 2.66. The summed E-state index contributed by atoms with van der Waals surface area (Å²) in [5.41, 5.74) is -0.717. The molecule has 0 spiro atoms. The number of hydrogen-bond donors (Lipinski definition) is 3. The van der Waals surface area contributed by atoms with Crippen LogP contribution in [0.2, 0.25) is 0 Å². The minimum absolute atomic E-state index is 0.276. The molecule has 0 bridgehead atoms. The van der Waals surface area contributed by atoms with E-state index in [0.717, 1.165) is 43.5 Å². The predicted molar refractivity (Wildman–Crippen MR) is 91.5 cm³/mol. The molecule has 7 heteroatoms. The molecule has 0 aliphatic carbocycles. The van der Waals surface area contributed by atoms with Crippen molar-refractivity contribution in [2.45, 2.75) is 71.6 Å². The van der Waals surface area contributed by atoms with Crippen LogP contribution in [0.15, 0.2) is 4.99 Å². The van der Waals surface area contributed by atoms with Crippen molar-refractivity contribution >= 4 is 5.96 Å². The van der Waals surface area contributed by atoms with Gasteiger partial charge in [-0.1, -0.05) is 13.8 Å². The average Bonchev–Trinajstić information content (AvgIpc) is 2.92. The molecule has 2 heterocycles. The van der Waals surface area contributed by atoms with Crippen LogP contribution in [0.25, 0.3) is 0 Å². The first kappa shape index (κ1) is 17.7. The third-order valence-electron chi connectivity index (χ3n) is 4.50. The lowest BCUT2D eigenvalue weighted by Gasteiger charge is -2.27. The number of nitrogens with one attached hydrogen (secondary N) is 2. The first-order valence-electron chi connectivity index (χ1n) is 8.67. The molecule has 0 amide bonds. The highest BCUT2D eigenvalue weighted by atomic mass is 16.3. The molecule has 130 valence electrons. The molecule has 0 aromatic carbocycles. The van der Waals surface area contributed by atoms with Crippen molar-refractivity contribution in [3.63, 3.8) is 0 Å². The van der Waals surface area contributed by atoms with Gasteiger partial charge in [0.05, 0.1) is 18.7 Å². The minimum atomic E-state index is -0.717. The molecule has 0 radical (unpaired) electrons. The normalized spacial score (nSPS) is 18.7. The largest absolute Gasteiger partial charge is 0.388 e. The maximum Gasteiger partial charge on any atom is 0.191 e. The first-order valence-corrected chi connectivity index (χ1v) is 8.67. The number of aryl methyl sites for hydroxylation is 2. The summed E-state index contributed by atoms with van der Waals surface area (Å²) in [6.07, 6.45) is 3.34. The summed E-state index contributed by atoms with van der Waals surface area (Å²) < 4.78 is 1.98. The lowest BCUT2D eigenvalue weighted by atomic mass is 9.98. The number of rotatable bonds is 6. The smallest absolute Gasteiger partial charge is 0.191 e. The van der Waals surface area contributed by atoms with Crippen LogP contribution in [-0.4, -0.2) is 50.6 Å². The second kappa shape index (κ2) is 7.77. The molecule has 1 aromatic rings. The van der Waals surface area contributed by atoms with E-state index in [1.165, 1.54) is 0 Å². The van der Waals surface area contributed by atoms with Gasteiger partial charge in [0.1, 0.15) is 11.6 Å². The lowest BCUT2D eigenvalue weighted by molar-refractivity contribution is 0.0417. The molecule has 7 nitrogen and oxygen atoms in total. The Morgan fingerprint density at radius 1 is 1.39 bits per heavy atom. The van der Waals surface area contributed by atoms with Crippen molar-refractivity contribution < 1.29 is 5.11 Å². The van der Waals surface area contributed by atoms with Crippen LogP contribution in [0.3, 0.4) is 0 Å². The van der Waals surface area contributed by atoms with Gasteiger partial charge in [0.25, 0.3) is 0 Å². The Hall–Kier alpha value is -1.63. The minimum Gasteiger partial charge on any atom is -0.388 e. The van der Waals surface area contributed by atoms with Gasteiger partial charge in [0, 0.05) is 19.0 Å². The Labute approximate surface area is 138 Å². The van der Waals surface area contributed by atoms with E-state index in [9.17, 15) is 5.11 Å². The summed E-state index contributed by atoms with van der Waals surface area (Å²) >= 11 is 0. The Morgan fingerprint density at radius 3 is 2.78 bits per heavy atom. The van der Waals surface area contributed by atoms with Gasteiger partial charge in [-0.15, -0.1) is 0 Å². The van der Waals surface area contributed by atoms with Crippen LogP contribution >= 0.6 is 0 Å². The number of hydrogen-bond acceptors (Lipinski definition) is 4. The van der Waals surface area contributed by atoms with Gasteiger partial charge in [0.15, 0.2) is 5.96 Å². The van der Waals surface area contributed by atoms with Crippen molar-refractivity contribution in [3.05, 3.63) is 11.6 Å². The van der Waals surface area contributed by atoms with Crippen LogP contribution in [0.5, 0.6) is 0 Å². The molecule has 1 unspecified atom stereocenters. The van der Waals surface area contributed by atoms with Crippen LogP contribution in [0.4, 0.5) is 0 Å². The molecule has 3 N–H and O–H groups in total. The zero-order valence-corrected chi connectivity index (χ0v) is 14.8. The van der Waals surface area contributed by atoms with E-state index in [-0.39, 0.29) is 6.04 Å². The van der Waals surface area contributed by atoms with Gasteiger partial charge < -0.3 is 15.7 Å². The van der Waals surface area contributed by atoms with Crippen molar-refractivity contribution in [1.82, 2.24) is 25.4 Å². The Bertz CT molecular complexity index is 535. The zero-order chi connectivity index (χ0) is 16.9. The van der Waals surface area contributed by atoms with Crippen molar-refractivity contribution in [2.75, 3.05) is 13.1 Å².